The molecule has 20 heavy (non-hydrogen) atoms. The number of rotatable bonds is 3. The van der Waals surface area contributed by atoms with Crippen molar-refractivity contribution in [2.45, 2.75) is 12.5 Å². The van der Waals surface area contributed by atoms with Crippen LogP contribution in [0, 0.1) is 0 Å². The van der Waals surface area contributed by atoms with Crippen molar-refractivity contribution >= 4 is 33.3 Å². The van der Waals surface area contributed by atoms with E-state index in [0.717, 1.165) is 41.3 Å². The fourth-order valence-electron chi connectivity index (χ4n) is 2.26. The molecule has 1 aromatic carbocycles. The van der Waals surface area contributed by atoms with E-state index < -0.39 is 0 Å². The molecule has 3 N–H and O–H groups in total. The van der Waals surface area contributed by atoms with E-state index in [2.05, 4.69) is 36.1 Å². The van der Waals surface area contributed by atoms with Crippen molar-refractivity contribution in [2.75, 3.05) is 23.3 Å². The summed E-state index contributed by atoms with van der Waals surface area (Å²) in [5, 5.41) is 3.28. The Morgan fingerprint density at radius 1 is 1.25 bits per heavy atom. The molecular formula is C14H16BrN5. The molecule has 0 radical (unpaired) electrons. The molecule has 0 spiro atoms. The molecule has 1 aromatic heterocycles. The van der Waals surface area contributed by atoms with Crippen LogP contribution in [0.25, 0.3) is 0 Å². The van der Waals surface area contributed by atoms with Crippen LogP contribution >= 0.6 is 15.9 Å². The van der Waals surface area contributed by atoms with Crippen molar-refractivity contribution in [1.82, 2.24) is 9.97 Å². The van der Waals surface area contributed by atoms with Gasteiger partial charge in [-0.15, -0.1) is 0 Å². The van der Waals surface area contributed by atoms with Gasteiger partial charge in [-0.2, -0.15) is 0 Å². The Kier molecular flexibility index (Phi) is 3.84. The molecule has 1 aliphatic heterocycles. The molecule has 5 nitrogen and oxygen atoms in total. The van der Waals surface area contributed by atoms with E-state index in [1.807, 2.05) is 30.3 Å². The standard InChI is InChI=1S/C14H16BrN5/c15-10-1-3-12(4-2-10)19-13-7-14(18-9-17-13)20-6-5-11(16)8-20/h1-4,7,9,11H,5-6,8,16H2,(H,17,18,19). The van der Waals surface area contributed by atoms with Crippen LogP contribution in [0.15, 0.2) is 41.1 Å². The zero-order valence-electron chi connectivity index (χ0n) is 11.0. The molecule has 0 amide bonds. The van der Waals surface area contributed by atoms with E-state index in [9.17, 15) is 0 Å². The lowest BCUT2D eigenvalue weighted by Crippen LogP contribution is -2.26. The second-order valence-corrected chi connectivity index (χ2v) is 5.80. The Hall–Kier alpha value is -1.66. The summed E-state index contributed by atoms with van der Waals surface area (Å²) in [4.78, 5) is 10.8. The molecule has 0 saturated carbocycles. The van der Waals surface area contributed by atoms with E-state index in [0.29, 0.717) is 0 Å². The number of hydrogen-bond donors (Lipinski definition) is 2. The smallest absolute Gasteiger partial charge is 0.135 e. The maximum absolute atomic E-state index is 5.93. The Labute approximate surface area is 126 Å². The minimum atomic E-state index is 0.243. The lowest BCUT2D eigenvalue weighted by molar-refractivity contribution is 0.751. The lowest BCUT2D eigenvalue weighted by Gasteiger charge is -2.17. The summed E-state index contributed by atoms with van der Waals surface area (Å²) in [6.07, 6.45) is 2.60. The first-order chi connectivity index (χ1) is 9.70. The number of halogens is 1. The topological polar surface area (TPSA) is 67.1 Å². The SMILES string of the molecule is NC1CCN(c2cc(Nc3ccc(Br)cc3)ncn2)C1. The number of aromatic nitrogens is 2. The number of hydrogen-bond acceptors (Lipinski definition) is 5. The van der Waals surface area contributed by atoms with E-state index in [-0.39, 0.29) is 6.04 Å². The molecule has 1 aliphatic rings. The summed E-state index contributed by atoms with van der Waals surface area (Å²) in [5.74, 6) is 1.71. The van der Waals surface area contributed by atoms with Crippen LogP contribution in [0.1, 0.15) is 6.42 Å². The molecule has 0 bridgehead atoms. The Morgan fingerprint density at radius 2 is 2.05 bits per heavy atom. The Balaban J connectivity index is 1.75. The molecule has 1 atom stereocenters. The number of nitrogens with zero attached hydrogens (tertiary/aromatic N) is 3. The summed E-state index contributed by atoms with van der Waals surface area (Å²) in [6, 6.07) is 10.2. The third kappa shape index (κ3) is 3.08. The summed E-state index contributed by atoms with van der Waals surface area (Å²) < 4.78 is 1.05. The monoisotopic (exact) mass is 333 g/mol. The molecular weight excluding hydrogens is 318 g/mol. The molecule has 104 valence electrons. The van der Waals surface area contributed by atoms with Gasteiger partial charge in [0.25, 0.3) is 0 Å². The van der Waals surface area contributed by atoms with Gasteiger partial charge in [-0.05, 0) is 30.7 Å². The number of anilines is 3. The molecule has 2 aromatic rings. The molecule has 0 aliphatic carbocycles. The number of nitrogens with two attached hydrogens (primary N) is 1. The van der Waals surface area contributed by atoms with Gasteiger partial charge in [0, 0.05) is 35.4 Å². The van der Waals surface area contributed by atoms with Crippen molar-refractivity contribution in [3.05, 3.63) is 41.1 Å². The van der Waals surface area contributed by atoms with Crippen LogP contribution < -0.4 is 16.0 Å². The number of benzene rings is 1. The van der Waals surface area contributed by atoms with Gasteiger partial charge >= 0.3 is 0 Å². The van der Waals surface area contributed by atoms with Crippen LogP contribution in [0.3, 0.4) is 0 Å². The molecule has 1 unspecified atom stereocenters. The summed E-state index contributed by atoms with van der Waals surface area (Å²) in [5.41, 5.74) is 6.93. The van der Waals surface area contributed by atoms with E-state index in [1.54, 1.807) is 6.33 Å². The quantitative estimate of drug-likeness (QED) is 0.903. The maximum atomic E-state index is 5.93. The molecule has 2 heterocycles. The van der Waals surface area contributed by atoms with Gasteiger partial charge < -0.3 is 16.0 Å². The lowest BCUT2D eigenvalue weighted by atomic mass is 10.3. The van der Waals surface area contributed by atoms with Gasteiger partial charge in [0.05, 0.1) is 0 Å². The number of nitrogens with one attached hydrogen (secondary N) is 1. The minimum Gasteiger partial charge on any atom is -0.355 e. The second-order valence-electron chi connectivity index (χ2n) is 4.89. The molecule has 3 rings (SSSR count). The van der Waals surface area contributed by atoms with Crippen molar-refractivity contribution in [2.24, 2.45) is 5.73 Å². The van der Waals surface area contributed by atoms with Crippen LogP contribution in [-0.4, -0.2) is 29.1 Å². The van der Waals surface area contributed by atoms with E-state index in [4.69, 9.17) is 5.73 Å². The van der Waals surface area contributed by atoms with Gasteiger partial charge in [-0.1, -0.05) is 15.9 Å². The van der Waals surface area contributed by atoms with E-state index in [1.165, 1.54) is 0 Å². The highest BCUT2D eigenvalue weighted by Gasteiger charge is 2.20. The predicted octanol–water partition coefficient (Wildman–Crippen LogP) is 2.52. The van der Waals surface area contributed by atoms with Gasteiger partial charge in [0.15, 0.2) is 0 Å². The summed E-state index contributed by atoms with van der Waals surface area (Å²) in [6.45, 7) is 1.81. The van der Waals surface area contributed by atoms with Crippen LogP contribution in [0.4, 0.5) is 17.3 Å². The van der Waals surface area contributed by atoms with Crippen molar-refractivity contribution in [3.63, 3.8) is 0 Å². The minimum absolute atomic E-state index is 0.243. The van der Waals surface area contributed by atoms with E-state index >= 15 is 0 Å². The van der Waals surface area contributed by atoms with Crippen molar-refractivity contribution < 1.29 is 0 Å². The largest absolute Gasteiger partial charge is 0.355 e. The zero-order chi connectivity index (χ0) is 13.9. The first kappa shape index (κ1) is 13.3. The molecule has 1 fully saturated rings. The first-order valence-electron chi connectivity index (χ1n) is 6.56. The normalized spacial score (nSPS) is 18.3. The van der Waals surface area contributed by atoms with Crippen molar-refractivity contribution in [1.29, 1.82) is 0 Å². The average Bonchev–Trinajstić information content (AvgIpc) is 2.89. The van der Waals surface area contributed by atoms with Crippen LogP contribution in [0.2, 0.25) is 0 Å². The highest BCUT2D eigenvalue weighted by Crippen LogP contribution is 2.22. The van der Waals surface area contributed by atoms with Gasteiger partial charge in [-0.25, -0.2) is 9.97 Å². The van der Waals surface area contributed by atoms with Crippen LogP contribution in [-0.2, 0) is 0 Å². The zero-order valence-corrected chi connectivity index (χ0v) is 12.5. The average molecular weight is 334 g/mol. The fourth-order valence-corrected chi connectivity index (χ4v) is 2.53. The summed E-state index contributed by atoms with van der Waals surface area (Å²) in [7, 11) is 0. The fraction of sp³-hybridized carbons (Fsp3) is 0.286. The van der Waals surface area contributed by atoms with Gasteiger partial charge in [0.2, 0.25) is 0 Å². The van der Waals surface area contributed by atoms with Gasteiger partial charge in [-0.3, -0.25) is 0 Å². The predicted molar refractivity (Wildman–Crippen MR) is 84.3 cm³/mol. The molecule has 6 heteroatoms. The highest BCUT2D eigenvalue weighted by atomic mass is 79.9. The maximum Gasteiger partial charge on any atom is 0.135 e. The highest BCUT2D eigenvalue weighted by molar-refractivity contribution is 9.10. The Bertz CT molecular complexity index is 586. The Morgan fingerprint density at radius 3 is 2.75 bits per heavy atom. The first-order valence-corrected chi connectivity index (χ1v) is 7.35. The van der Waals surface area contributed by atoms with Gasteiger partial charge in [0.1, 0.15) is 18.0 Å². The third-order valence-electron chi connectivity index (χ3n) is 3.32. The summed E-state index contributed by atoms with van der Waals surface area (Å²) >= 11 is 3.42. The van der Waals surface area contributed by atoms with Crippen molar-refractivity contribution in [3.8, 4) is 0 Å². The second kappa shape index (κ2) is 5.76. The molecule has 1 saturated heterocycles. The third-order valence-corrected chi connectivity index (χ3v) is 3.85. The van der Waals surface area contributed by atoms with Crippen LogP contribution in [0.5, 0.6) is 0 Å².